The van der Waals surface area contributed by atoms with Gasteiger partial charge in [0.15, 0.2) is 5.78 Å². The standard InChI is InChI=1S/C22H34O3/c1-13(12-23)16-4-5-17-15-11-20(25)19-10-14(24)6-8-22(19,3)18(15)7-9-21(16,17)2/h10,13,15-18,20,23,25H,4-9,11-12H2,1-3H3/t13-,15+,16-,17+,18+,20-,21-,22-/m1/s1. The largest absolute Gasteiger partial charge is 0.396 e. The minimum absolute atomic E-state index is 0.0122. The number of ketones is 1. The van der Waals surface area contributed by atoms with Gasteiger partial charge in [-0.05, 0) is 90.6 Å². The van der Waals surface area contributed by atoms with Crippen LogP contribution in [0.15, 0.2) is 11.6 Å². The van der Waals surface area contributed by atoms with Gasteiger partial charge in [-0.2, -0.15) is 0 Å². The van der Waals surface area contributed by atoms with Gasteiger partial charge >= 0.3 is 0 Å². The van der Waals surface area contributed by atoms with E-state index in [1.807, 2.05) is 0 Å². The molecule has 3 fully saturated rings. The summed E-state index contributed by atoms with van der Waals surface area (Å²) in [7, 11) is 0. The third kappa shape index (κ3) is 2.41. The zero-order valence-electron chi connectivity index (χ0n) is 16.0. The van der Waals surface area contributed by atoms with Gasteiger partial charge in [0.2, 0.25) is 0 Å². The molecule has 0 aromatic rings. The molecule has 0 bridgehead atoms. The predicted octanol–water partition coefficient (Wildman–Crippen LogP) is 3.73. The molecule has 0 radical (unpaired) electrons. The van der Waals surface area contributed by atoms with Crippen molar-refractivity contribution in [2.75, 3.05) is 6.61 Å². The van der Waals surface area contributed by atoms with E-state index in [0.29, 0.717) is 41.4 Å². The fraction of sp³-hybridized carbons (Fsp3) is 0.864. The van der Waals surface area contributed by atoms with Crippen LogP contribution in [0.25, 0.3) is 0 Å². The van der Waals surface area contributed by atoms with Crippen molar-refractivity contribution >= 4 is 5.78 Å². The number of fused-ring (bicyclic) bond motifs is 5. The van der Waals surface area contributed by atoms with Gasteiger partial charge in [0, 0.05) is 13.0 Å². The van der Waals surface area contributed by atoms with Crippen molar-refractivity contribution in [2.45, 2.75) is 71.8 Å². The van der Waals surface area contributed by atoms with Crippen LogP contribution in [0.3, 0.4) is 0 Å². The molecule has 0 saturated heterocycles. The molecule has 4 rings (SSSR count). The minimum atomic E-state index is -0.438. The van der Waals surface area contributed by atoms with E-state index in [-0.39, 0.29) is 17.8 Å². The lowest BCUT2D eigenvalue weighted by molar-refractivity contribution is -0.119. The van der Waals surface area contributed by atoms with Crippen molar-refractivity contribution in [3.05, 3.63) is 11.6 Å². The molecule has 0 spiro atoms. The zero-order valence-corrected chi connectivity index (χ0v) is 16.0. The molecule has 0 amide bonds. The van der Waals surface area contributed by atoms with Gasteiger partial charge in [-0.25, -0.2) is 0 Å². The van der Waals surface area contributed by atoms with Gasteiger partial charge < -0.3 is 10.2 Å². The Morgan fingerprint density at radius 2 is 1.96 bits per heavy atom. The summed E-state index contributed by atoms with van der Waals surface area (Å²) in [6.07, 6.45) is 8.64. The summed E-state index contributed by atoms with van der Waals surface area (Å²) in [6, 6.07) is 0. The molecule has 0 unspecified atom stereocenters. The first-order chi connectivity index (χ1) is 11.8. The number of carbonyl (C=O) groups excluding carboxylic acids is 1. The first-order valence-electron chi connectivity index (χ1n) is 10.3. The van der Waals surface area contributed by atoms with Crippen molar-refractivity contribution < 1.29 is 15.0 Å². The first-order valence-corrected chi connectivity index (χ1v) is 10.3. The highest BCUT2D eigenvalue weighted by atomic mass is 16.3. The number of aliphatic hydroxyl groups excluding tert-OH is 2. The van der Waals surface area contributed by atoms with Crippen LogP contribution in [0.4, 0.5) is 0 Å². The third-order valence-corrected chi connectivity index (χ3v) is 9.02. The van der Waals surface area contributed by atoms with Crippen LogP contribution in [0, 0.1) is 40.4 Å². The Kier molecular flexibility index (Phi) is 4.20. The minimum Gasteiger partial charge on any atom is -0.396 e. The fourth-order valence-electron chi connectivity index (χ4n) is 7.71. The number of aliphatic hydroxyl groups is 2. The summed E-state index contributed by atoms with van der Waals surface area (Å²) in [4.78, 5) is 11.9. The van der Waals surface area contributed by atoms with Gasteiger partial charge in [0.1, 0.15) is 0 Å². The smallest absolute Gasteiger partial charge is 0.155 e. The Morgan fingerprint density at radius 1 is 1.20 bits per heavy atom. The number of carbonyl (C=O) groups is 1. The van der Waals surface area contributed by atoms with Crippen LogP contribution in [-0.4, -0.2) is 28.7 Å². The van der Waals surface area contributed by atoms with Gasteiger partial charge in [0.05, 0.1) is 6.10 Å². The van der Waals surface area contributed by atoms with E-state index in [1.54, 1.807) is 6.08 Å². The lowest BCUT2D eigenvalue weighted by Crippen LogP contribution is -2.54. The number of hydrogen-bond acceptors (Lipinski definition) is 3. The maximum atomic E-state index is 11.9. The highest BCUT2D eigenvalue weighted by Crippen LogP contribution is 2.67. The van der Waals surface area contributed by atoms with Crippen LogP contribution in [0.1, 0.15) is 65.7 Å². The summed E-state index contributed by atoms with van der Waals surface area (Å²) in [5.41, 5.74) is 1.36. The van der Waals surface area contributed by atoms with Crippen LogP contribution in [0.5, 0.6) is 0 Å². The van der Waals surface area contributed by atoms with Gasteiger partial charge in [0.25, 0.3) is 0 Å². The van der Waals surface area contributed by atoms with E-state index in [0.717, 1.165) is 18.4 Å². The Bertz CT molecular complexity index is 596. The molecule has 4 aliphatic rings. The Hall–Kier alpha value is -0.670. The van der Waals surface area contributed by atoms with Gasteiger partial charge in [-0.3, -0.25) is 4.79 Å². The highest BCUT2D eigenvalue weighted by molar-refractivity contribution is 5.91. The Labute approximate surface area is 151 Å². The second-order valence-electron chi connectivity index (χ2n) is 10.00. The normalized spacial score (nSPS) is 50.5. The third-order valence-electron chi connectivity index (χ3n) is 9.02. The summed E-state index contributed by atoms with van der Waals surface area (Å²) < 4.78 is 0. The van der Waals surface area contributed by atoms with Crippen LogP contribution in [0.2, 0.25) is 0 Å². The summed E-state index contributed by atoms with van der Waals surface area (Å²) in [6.45, 7) is 7.27. The lowest BCUT2D eigenvalue weighted by atomic mass is 9.46. The summed E-state index contributed by atoms with van der Waals surface area (Å²) in [5.74, 6) is 3.02. The molecule has 25 heavy (non-hydrogen) atoms. The van der Waals surface area contributed by atoms with E-state index in [9.17, 15) is 15.0 Å². The molecule has 3 nitrogen and oxygen atoms in total. The Morgan fingerprint density at radius 3 is 2.68 bits per heavy atom. The molecule has 0 aliphatic heterocycles. The molecule has 0 aromatic heterocycles. The average molecular weight is 347 g/mol. The van der Waals surface area contributed by atoms with Crippen LogP contribution >= 0.6 is 0 Å². The topological polar surface area (TPSA) is 57.5 Å². The number of hydrogen-bond donors (Lipinski definition) is 2. The van der Waals surface area contributed by atoms with Gasteiger partial charge in [-0.15, -0.1) is 0 Å². The van der Waals surface area contributed by atoms with Crippen molar-refractivity contribution in [1.82, 2.24) is 0 Å². The van der Waals surface area contributed by atoms with E-state index >= 15 is 0 Å². The molecule has 0 heterocycles. The van der Waals surface area contributed by atoms with E-state index in [4.69, 9.17) is 0 Å². The molecule has 4 aliphatic carbocycles. The first kappa shape index (κ1) is 17.7. The second kappa shape index (κ2) is 5.92. The maximum absolute atomic E-state index is 11.9. The SMILES string of the molecule is C[C@H](CO)[C@H]1CC[C@H]2[C@@H]3C[C@@H](O)C4=CC(=O)CC[C@]4(C)[C@H]3CC[C@]12C. The fourth-order valence-corrected chi connectivity index (χ4v) is 7.71. The van der Waals surface area contributed by atoms with E-state index < -0.39 is 6.10 Å². The molecular weight excluding hydrogens is 312 g/mol. The van der Waals surface area contributed by atoms with Crippen molar-refractivity contribution in [3.8, 4) is 0 Å². The van der Waals surface area contributed by atoms with Crippen LogP contribution in [-0.2, 0) is 4.79 Å². The summed E-state index contributed by atoms with van der Waals surface area (Å²) >= 11 is 0. The highest BCUT2D eigenvalue weighted by Gasteiger charge is 2.60. The van der Waals surface area contributed by atoms with E-state index in [2.05, 4.69) is 20.8 Å². The number of rotatable bonds is 2. The molecule has 0 aromatic carbocycles. The van der Waals surface area contributed by atoms with Crippen molar-refractivity contribution in [3.63, 3.8) is 0 Å². The van der Waals surface area contributed by atoms with Gasteiger partial charge in [-0.1, -0.05) is 20.8 Å². The van der Waals surface area contributed by atoms with Crippen molar-refractivity contribution in [2.24, 2.45) is 40.4 Å². The quantitative estimate of drug-likeness (QED) is 0.801. The molecule has 8 atom stereocenters. The lowest BCUT2D eigenvalue weighted by Gasteiger charge is -2.59. The molecular formula is C22H34O3. The predicted molar refractivity (Wildman–Crippen MR) is 97.8 cm³/mol. The zero-order chi connectivity index (χ0) is 18.0. The maximum Gasteiger partial charge on any atom is 0.155 e. The van der Waals surface area contributed by atoms with Crippen LogP contribution < -0.4 is 0 Å². The molecule has 3 saturated carbocycles. The average Bonchev–Trinajstić information content (AvgIpc) is 2.93. The Balaban J connectivity index is 1.67. The molecule has 2 N–H and O–H groups in total. The monoisotopic (exact) mass is 346 g/mol. The van der Waals surface area contributed by atoms with Crippen molar-refractivity contribution in [1.29, 1.82) is 0 Å². The molecule has 3 heteroatoms. The molecule has 140 valence electrons. The summed E-state index contributed by atoms with van der Waals surface area (Å²) in [5, 5.41) is 20.6. The second-order valence-corrected chi connectivity index (χ2v) is 10.00. The van der Waals surface area contributed by atoms with E-state index in [1.165, 1.54) is 25.7 Å².